The fourth-order valence-electron chi connectivity index (χ4n) is 0.420. The molecule has 0 spiro atoms. The number of hydrogen-bond donors (Lipinski definition) is 2. The molecule has 0 fully saturated rings. The number of allylic oxidation sites excluding steroid dienone is 1. The van der Waals surface area contributed by atoms with E-state index in [0.29, 0.717) is 6.54 Å². The van der Waals surface area contributed by atoms with Crippen molar-refractivity contribution in [3.8, 4) is 0 Å². The number of carboxylic acids is 1. The van der Waals surface area contributed by atoms with E-state index in [0.717, 1.165) is 18.9 Å². The molecular weight excluding hydrogens is 118 g/mol. The number of carbonyl (C=O) groups is 1. The molecule has 0 aromatic heterocycles. The Labute approximate surface area is 54.2 Å². The van der Waals surface area contributed by atoms with Crippen LogP contribution in [0.15, 0.2) is 12.2 Å². The summed E-state index contributed by atoms with van der Waals surface area (Å²) in [6.45, 7) is 0.615. The number of rotatable bonds is 4. The van der Waals surface area contributed by atoms with Crippen molar-refractivity contribution < 1.29 is 9.90 Å². The molecule has 3 nitrogen and oxygen atoms in total. The fraction of sp³-hybridized carbons (Fsp3) is 0.500. The molecule has 9 heavy (non-hydrogen) atoms. The lowest BCUT2D eigenvalue weighted by molar-refractivity contribution is -0.131. The standard InChI is InChI=1S/C6H11NO2/c7-5-3-1-2-4-6(8)9/h2,4H,1,3,5,7H2,(H,8,9)/b4-2+. The number of hydrogen-bond acceptors (Lipinski definition) is 2. The highest BCUT2D eigenvalue weighted by atomic mass is 16.4. The molecule has 52 valence electrons. The van der Waals surface area contributed by atoms with Gasteiger partial charge in [0.2, 0.25) is 0 Å². The second kappa shape index (κ2) is 5.31. The van der Waals surface area contributed by atoms with E-state index in [-0.39, 0.29) is 0 Å². The zero-order valence-electron chi connectivity index (χ0n) is 5.21. The first kappa shape index (κ1) is 8.17. The normalized spacial score (nSPS) is 10.3. The van der Waals surface area contributed by atoms with Gasteiger partial charge in [-0.1, -0.05) is 6.08 Å². The maximum atomic E-state index is 9.84. The number of unbranched alkanes of at least 4 members (excludes halogenated alkanes) is 1. The van der Waals surface area contributed by atoms with E-state index in [1.54, 1.807) is 6.08 Å². The number of nitrogens with two attached hydrogens (primary N) is 1. The summed E-state index contributed by atoms with van der Waals surface area (Å²) in [4.78, 5) is 9.84. The fourth-order valence-corrected chi connectivity index (χ4v) is 0.420. The first-order valence-corrected chi connectivity index (χ1v) is 2.87. The van der Waals surface area contributed by atoms with Gasteiger partial charge in [0.05, 0.1) is 0 Å². The van der Waals surface area contributed by atoms with E-state index in [9.17, 15) is 4.79 Å². The molecule has 0 unspecified atom stereocenters. The zero-order chi connectivity index (χ0) is 7.11. The van der Waals surface area contributed by atoms with Gasteiger partial charge < -0.3 is 10.8 Å². The molecule has 0 saturated heterocycles. The predicted molar refractivity (Wildman–Crippen MR) is 35.1 cm³/mol. The molecule has 0 aliphatic rings. The Morgan fingerprint density at radius 3 is 2.78 bits per heavy atom. The van der Waals surface area contributed by atoms with E-state index >= 15 is 0 Å². The smallest absolute Gasteiger partial charge is 0.327 e. The van der Waals surface area contributed by atoms with Crippen LogP contribution in [0.2, 0.25) is 0 Å². The molecule has 0 aliphatic carbocycles. The van der Waals surface area contributed by atoms with Gasteiger partial charge in [-0.25, -0.2) is 4.79 Å². The third-order valence-electron chi connectivity index (χ3n) is 0.835. The summed E-state index contributed by atoms with van der Waals surface area (Å²) in [6.07, 6.45) is 4.34. The Morgan fingerprint density at radius 1 is 1.67 bits per heavy atom. The topological polar surface area (TPSA) is 63.3 Å². The molecule has 0 bridgehead atoms. The van der Waals surface area contributed by atoms with Crippen LogP contribution in [-0.2, 0) is 4.79 Å². The predicted octanol–water partition coefficient (Wildman–Crippen LogP) is 0.366. The number of carboxylic acid groups (broad SMARTS) is 1. The van der Waals surface area contributed by atoms with Crippen molar-refractivity contribution in [2.75, 3.05) is 6.54 Å². The summed E-state index contributed by atoms with van der Waals surface area (Å²) < 4.78 is 0. The van der Waals surface area contributed by atoms with Crippen molar-refractivity contribution >= 4 is 5.97 Å². The molecular formula is C6H11NO2. The van der Waals surface area contributed by atoms with E-state index in [1.807, 2.05) is 0 Å². The Balaban J connectivity index is 3.15. The van der Waals surface area contributed by atoms with Crippen LogP contribution in [0, 0.1) is 0 Å². The molecule has 0 saturated carbocycles. The molecule has 0 rings (SSSR count). The SMILES string of the molecule is NCCC/C=C/C(=O)O. The van der Waals surface area contributed by atoms with Crippen molar-refractivity contribution in [1.82, 2.24) is 0 Å². The minimum Gasteiger partial charge on any atom is -0.478 e. The molecule has 0 radical (unpaired) electrons. The van der Waals surface area contributed by atoms with Crippen LogP contribution in [0.1, 0.15) is 12.8 Å². The monoisotopic (exact) mass is 129 g/mol. The Hall–Kier alpha value is -0.830. The summed E-state index contributed by atoms with van der Waals surface area (Å²) in [5, 5.41) is 8.09. The van der Waals surface area contributed by atoms with Gasteiger partial charge in [0.25, 0.3) is 0 Å². The molecule has 0 amide bonds. The zero-order valence-corrected chi connectivity index (χ0v) is 5.21. The molecule has 3 N–H and O–H groups in total. The Kier molecular flexibility index (Phi) is 4.82. The maximum Gasteiger partial charge on any atom is 0.327 e. The number of aliphatic carboxylic acids is 1. The second-order valence-corrected chi connectivity index (χ2v) is 1.67. The average Bonchev–Trinajstić information content (AvgIpc) is 1.80. The lowest BCUT2D eigenvalue weighted by atomic mass is 10.3. The van der Waals surface area contributed by atoms with Crippen LogP contribution in [0.25, 0.3) is 0 Å². The molecule has 0 heterocycles. The van der Waals surface area contributed by atoms with Crippen molar-refractivity contribution in [2.24, 2.45) is 5.73 Å². The van der Waals surface area contributed by atoms with Crippen molar-refractivity contribution in [3.05, 3.63) is 12.2 Å². The largest absolute Gasteiger partial charge is 0.478 e. The average molecular weight is 129 g/mol. The summed E-state index contributed by atoms with van der Waals surface area (Å²) in [5.41, 5.74) is 5.16. The van der Waals surface area contributed by atoms with Gasteiger partial charge in [0.1, 0.15) is 0 Å². The lowest BCUT2D eigenvalue weighted by Gasteiger charge is -1.85. The van der Waals surface area contributed by atoms with Crippen LogP contribution in [0.3, 0.4) is 0 Å². The van der Waals surface area contributed by atoms with Crippen LogP contribution in [-0.4, -0.2) is 17.6 Å². The van der Waals surface area contributed by atoms with Gasteiger partial charge in [0, 0.05) is 6.08 Å². The van der Waals surface area contributed by atoms with Crippen LogP contribution in [0.4, 0.5) is 0 Å². The summed E-state index contributed by atoms with van der Waals surface area (Å²) in [6, 6.07) is 0. The second-order valence-electron chi connectivity index (χ2n) is 1.67. The summed E-state index contributed by atoms with van der Waals surface area (Å²) in [5.74, 6) is -0.896. The minimum atomic E-state index is -0.896. The minimum absolute atomic E-state index is 0.615. The molecule has 0 aromatic rings. The third-order valence-corrected chi connectivity index (χ3v) is 0.835. The van der Waals surface area contributed by atoms with Gasteiger partial charge in [0.15, 0.2) is 0 Å². The summed E-state index contributed by atoms with van der Waals surface area (Å²) in [7, 11) is 0. The highest BCUT2D eigenvalue weighted by Crippen LogP contribution is 1.86. The van der Waals surface area contributed by atoms with E-state index in [1.165, 1.54) is 0 Å². The van der Waals surface area contributed by atoms with Crippen LogP contribution in [0.5, 0.6) is 0 Å². The first-order chi connectivity index (χ1) is 4.27. The van der Waals surface area contributed by atoms with Gasteiger partial charge in [-0.15, -0.1) is 0 Å². The van der Waals surface area contributed by atoms with Crippen molar-refractivity contribution in [2.45, 2.75) is 12.8 Å². The Morgan fingerprint density at radius 2 is 2.33 bits per heavy atom. The molecule has 0 atom stereocenters. The highest BCUT2D eigenvalue weighted by molar-refractivity contribution is 5.79. The van der Waals surface area contributed by atoms with Crippen LogP contribution >= 0.6 is 0 Å². The van der Waals surface area contributed by atoms with Gasteiger partial charge in [-0.2, -0.15) is 0 Å². The lowest BCUT2D eigenvalue weighted by Crippen LogP contribution is -1.96. The van der Waals surface area contributed by atoms with Gasteiger partial charge in [-0.3, -0.25) is 0 Å². The van der Waals surface area contributed by atoms with E-state index in [2.05, 4.69) is 0 Å². The van der Waals surface area contributed by atoms with E-state index < -0.39 is 5.97 Å². The van der Waals surface area contributed by atoms with Crippen molar-refractivity contribution in [1.29, 1.82) is 0 Å². The van der Waals surface area contributed by atoms with Gasteiger partial charge >= 0.3 is 5.97 Å². The highest BCUT2D eigenvalue weighted by Gasteiger charge is 1.83. The van der Waals surface area contributed by atoms with E-state index in [4.69, 9.17) is 10.8 Å². The molecule has 0 aliphatic heterocycles. The quantitative estimate of drug-likeness (QED) is 0.425. The first-order valence-electron chi connectivity index (χ1n) is 2.87. The van der Waals surface area contributed by atoms with Gasteiger partial charge in [-0.05, 0) is 19.4 Å². The van der Waals surface area contributed by atoms with Crippen molar-refractivity contribution in [3.63, 3.8) is 0 Å². The molecule has 0 aromatic carbocycles. The molecule has 3 heteroatoms. The maximum absolute atomic E-state index is 9.84. The Bertz CT molecular complexity index is 110. The van der Waals surface area contributed by atoms with Crippen LogP contribution < -0.4 is 5.73 Å². The third kappa shape index (κ3) is 7.17. The summed E-state index contributed by atoms with van der Waals surface area (Å²) >= 11 is 0.